The molecule has 2 rings (SSSR count). The molecular weight excluding hydrogens is 296 g/mol. The predicted molar refractivity (Wildman–Crippen MR) is 101 cm³/mol. The number of morpholine rings is 1. The van der Waals surface area contributed by atoms with Crippen LogP contribution in [0, 0.1) is 17.3 Å². The highest BCUT2D eigenvalue weighted by Gasteiger charge is 2.29. The minimum absolute atomic E-state index is 0.235. The van der Waals surface area contributed by atoms with Gasteiger partial charge in [0.25, 0.3) is 0 Å². The molecule has 0 saturated carbocycles. The van der Waals surface area contributed by atoms with Gasteiger partial charge in [0.15, 0.2) is 0 Å². The van der Waals surface area contributed by atoms with Crippen LogP contribution in [-0.2, 0) is 11.2 Å². The molecule has 0 aliphatic carbocycles. The Hall–Kier alpha value is -0.930. The van der Waals surface area contributed by atoms with Crippen LogP contribution in [0.2, 0.25) is 0 Å². The van der Waals surface area contributed by atoms with E-state index in [0.717, 1.165) is 44.4 Å². The highest BCUT2D eigenvalue weighted by Crippen LogP contribution is 2.30. The van der Waals surface area contributed by atoms with Crippen LogP contribution in [0.5, 0.6) is 0 Å². The maximum atomic E-state index is 6.10. The number of ether oxygens (including phenoxy) is 1. The largest absolute Gasteiger partial charge is 0.376 e. The molecule has 3 heteroatoms. The van der Waals surface area contributed by atoms with Crippen molar-refractivity contribution in [2.75, 3.05) is 26.2 Å². The van der Waals surface area contributed by atoms with Crippen LogP contribution < -0.4 is 0 Å². The van der Waals surface area contributed by atoms with Gasteiger partial charge in [-0.3, -0.25) is 9.88 Å². The Morgan fingerprint density at radius 3 is 2.79 bits per heavy atom. The van der Waals surface area contributed by atoms with Crippen molar-refractivity contribution in [2.24, 2.45) is 17.3 Å². The Bertz CT molecular complexity index is 472. The van der Waals surface area contributed by atoms with Gasteiger partial charge in [-0.05, 0) is 41.7 Å². The predicted octanol–water partition coefficient (Wildman–Crippen LogP) is 4.42. The molecule has 0 radical (unpaired) electrons. The molecule has 0 amide bonds. The molecule has 0 bridgehead atoms. The van der Waals surface area contributed by atoms with Gasteiger partial charge in [-0.15, -0.1) is 0 Å². The van der Waals surface area contributed by atoms with Crippen LogP contribution in [0.4, 0.5) is 0 Å². The lowest BCUT2D eigenvalue weighted by Crippen LogP contribution is -2.46. The lowest BCUT2D eigenvalue weighted by atomic mass is 9.80. The first kappa shape index (κ1) is 19.4. The quantitative estimate of drug-likeness (QED) is 0.704. The van der Waals surface area contributed by atoms with Crippen molar-refractivity contribution < 1.29 is 4.74 Å². The molecule has 1 saturated heterocycles. The van der Waals surface area contributed by atoms with Gasteiger partial charge >= 0.3 is 0 Å². The molecule has 2 atom stereocenters. The van der Waals surface area contributed by atoms with E-state index >= 15 is 0 Å². The van der Waals surface area contributed by atoms with Gasteiger partial charge in [0, 0.05) is 32.0 Å². The molecule has 1 aromatic rings. The zero-order valence-electron chi connectivity index (χ0n) is 16.3. The average molecular weight is 333 g/mol. The molecule has 0 spiro atoms. The topological polar surface area (TPSA) is 25.4 Å². The van der Waals surface area contributed by atoms with Crippen molar-refractivity contribution in [1.82, 2.24) is 9.88 Å². The lowest BCUT2D eigenvalue weighted by molar-refractivity contribution is -0.0527. The Labute approximate surface area is 148 Å². The molecule has 1 aromatic heterocycles. The molecule has 24 heavy (non-hydrogen) atoms. The molecular formula is C21H36N2O. The highest BCUT2D eigenvalue weighted by atomic mass is 16.5. The second-order valence-corrected chi connectivity index (χ2v) is 8.57. The van der Waals surface area contributed by atoms with Gasteiger partial charge in [0.1, 0.15) is 0 Å². The summed E-state index contributed by atoms with van der Waals surface area (Å²) in [5.74, 6) is 1.56. The van der Waals surface area contributed by atoms with Crippen LogP contribution in [0.3, 0.4) is 0 Å². The molecule has 0 aromatic carbocycles. The highest BCUT2D eigenvalue weighted by molar-refractivity contribution is 5.10. The summed E-state index contributed by atoms with van der Waals surface area (Å²) in [4.78, 5) is 6.87. The fourth-order valence-corrected chi connectivity index (χ4v) is 3.96. The van der Waals surface area contributed by atoms with Gasteiger partial charge in [-0.25, -0.2) is 0 Å². The fraction of sp³-hybridized carbons (Fsp3) is 0.762. The van der Waals surface area contributed by atoms with Gasteiger partial charge in [-0.1, -0.05) is 47.1 Å². The van der Waals surface area contributed by atoms with Gasteiger partial charge in [0.05, 0.1) is 12.7 Å². The first-order valence-corrected chi connectivity index (χ1v) is 9.62. The second kappa shape index (κ2) is 8.96. The molecule has 3 nitrogen and oxygen atoms in total. The van der Waals surface area contributed by atoms with E-state index in [1.54, 1.807) is 0 Å². The molecule has 0 N–H and O–H groups in total. The third kappa shape index (κ3) is 6.18. The van der Waals surface area contributed by atoms with Crippen molar-refractivity contribution in [2.45, 2.75) is 60.0 Å². The summed E-state index contributed by atoms with van der Waals surface area (Å²) in [6, 6.07) is 4.21. The number of nitrogens with zero attached hydrogens (tertiary/aromatic N) is 2. The summed E-state index contributed by atoms with van der Waals surface area (Å²) in [6.07, 6.45) is 7.63. The fourth-order valence-electron chi connectivity index (χ4n) is 3.96. The Balaban J connectivity index is 1.87. The molecule has 2 unspecified atom stereocenters. The third-order valence-corrected chi connectivity index (χ3v) is 5.37. The molecule has 2 heterocycles. The first-order valence-electron chi connectivity index (χ1n) is 9.62. The number of hydrogen-bond donors (Lipinski definition) is 0. The molecule has 1 aliphatic heterocycles. The standard InChI is InChI=1S/C21H36N2O/c1-6-19(17(2)3)15-23-10-11-24-20(16-23)13-21(4,5)12-18-8-7-9-22-14-18/h7-9,14,17,19-20H,6,10-13,15-16H2,1-5H3. The molecule has 1 fully saturated rings. The van der Waals surface area contributed by atoms with Crippen molar-refractivity contribution in [3.05, 3.63) is 30.1 Å². The monoisotopic (exact) mass is 332 g/mol. The van der Waals surface area contributed by atoms with Crippen LogP contribution in [-0.4, -0.2) is 42.2 Å². The zero-order valence-corrected chi connectivity index (χ0v) is 16.3. The normalized spacial score (nSPS) is 21.2. The second-order valence-electron chi connectivity index (χ2n) is 8.57. The van der Waals surface area contributed by atoms with Crippen molar-refractivity contribution in [3.63, 3.8) is 0 Å². The minimum atomic E-state index is 0.235. The SMILES string of the molecule is CCC(CN1CCOC(CC(C)(C)Cc2cccnc2)C1)C(C)C. The number of pyridine rings is 1. The summed E-state index contributed by atoms with van der Waals surface area (Å²) in [7, 11) is 0. The Morgan fingerprint density at radius 2 is 2.17 bits per heavy atom. The van der Waals surface area contributed by atoms with E-state index in [9.17, 15) is 0 Å². The smallest absolute Gasteiger partial charge is 0.0707 e. The van der Waals surface area contributed by atoms with Crippen molar-refractivity contribution in [3.8, 4) is 0 Å². The summed E-state index contributed by atoms with van der Waals surface area (Å²) in [5, 5.41) is 0. The third-order valence-electron chi connectivity index (χ3n) is 5.37. The number of hydrogen-bond acceptors (Lipinski definition) is 3. The summed E-state index contributed by atoms with van der Waals surface area (Å²) >= 11 is 0. The average Bonchev–Trinajstić information content (AvgIpc) is 2.52. The van der Waals surface area contributed by atoms with E-state index in [1.807, 2.05) is 18.5 Å². The molecule has 136 valence electrons. The minimum Gasteiger partial charge on any atom is -0.376 e. The maximum Gasteiger partial charge on any atom is 0.0707 e. The Kier molecular flexibility index (Phi) is 7.24. The van der Waals surface area contributed by atoms with Crippen LogP contribution in [0.1, 0.15) is 53.0 Å². The van der Waals surface area contributed by atoms with Crippen molar-refractivity contribution in [1.29, 1.82) is 0 Å². The van der Waals surface area contributed by atoms with E-state index in [4.69, 9.17) is 4.74 Å². The van der Waals surface area contributed by atoms with E-state index < -0.39 is 0 Å². The Morgan fingerprint density at radius 1 is 1.38 bits per heavy atom. The van der Waals surface area contributed by atoms with E-state index in [0.29, 0.717) is 6.10 Å². The summed E-state index contributed by atoms with van der Waals surface area (Å²) < 4.78 is 6.10. The van der Waals surface area contributed by atoms with Crippen molar-refractivity contribution >= 4 is 0 Å². The maximum absolute atomic E-state index is 6.10. The van der Waals surface area contributed by atoms with E-state index in [1.165, 1.54) is 18.5 Å². The summed E-state index contributed by atoms with van der Waals surface area (Å²) in [6.45, 7) is 16.0. The summed E-state index contributed by atoms with van der Waals surface area (Å²) in [5.41, 5.74) is 1.56. The van der Waals surface area contributed by atoms with Crippen LogP contribution >= 0.6 is 0 Å². The van der Waals surface area contributed by atoms with Gasteiger partial charge in [-0.2, -0.15) is 0 Å². The zero-order chi connectivity index (χ0) is 17.6. The number of rotatable bonds is 8. The van der Waals surface area contributed by atoms with E-state index in [-0.39, 0.29) is 5.41 Å². The first-order chi connectivity index (χ1) is 11.4. The van der Waals surface area contributed by atoms with Crippen LogP contribution in [0.25, 0.3) is 0 Å². The van der Waals surface area contributed by atoms with Gasteiger partial charge in [0.2, 0.25) is 0 Å². The molecule has 1 aliphatic rings. The number of aromatic nitrogens is 1. The van der Waals surface area contributed by atoms with Crippen LogP contribution in [0.15, 0.2) is 24.5 Å². The van der Waals surface area contributed by atoms with E-state index in [2.05, 4.69) is 50.6 Å². The van der Waals surface area contributed by atoms with Gasteiger partial charge < -0.3 is 4.74 Å². The lowest BCUT2D eigenvalue weighted by Gasteiger charge is -2.39.